The normalized spacial score (nSPS) is 23.0. The Hall–Kier alpha value is -2.69. The predicted molar refractivity (Wildman–Crippen MR) is 169 cm³/mol. The van der Waals surface area contributed by atoms with E-state index in [0.29, 0.717) is 5.56 Å². The number of aliphatic carboxylic acids is 1. The number of phenols is 1. The van der Waals surface area contributed by atoms with Crippen LogP contribution in [-0.4, -0.2) is 86.4 Å². The Morgan fingerprint density at radius 1 is 1.02 bits per heavy atom. The van der Waals surface area contributed by atoms with Crippen LogP contribution in [0.15, 0.2) is 18.2 Å². The molecular formula is C32H52FN2O9P. The van der Waals surface area contributed by atoms with Gasteiger partial charge in [-0.3, -0.25) is 14.3 Å². The van der Waals surface area contributed by atoms with Gasteiger partial charge in [0.25, 0.3) is 0 Å². The standard InChI is InChI=1S/C32H52FN2O9P/c1-11-42-45(41)19-18-34(21-22-14-15-24(36)23(33)20-22)25(29(2,3)4)32(45,26(37)38)16-12-13-17-35(27(39)43-30(5,6)7)28(40)44-31(8,9)10/h14-15,20,25,36H,11-13,16-19,21H2,1-10H3,(H,37,38). The van der Waals surface area contributed by atoms with Crippen LogP contribution in [0.3, 0.4) is 0 Å². The van der Waals surface area contributed by atoms with E-state index in [1.165, 1.54) is 12.1 Å². The predicted octanol–water partition coefficient (Wildman–Crippen LogP) is 7.24. The first-order valence-electron chi connectivity index (χ1n) is 15.4. The number of phenolic OH excluding ortho intramolecular Hbond substituents is 1. The molecule has 2 N–H and O–H groups in total. The van der Waals surface area contributed by atoms with Gasteiger partial charge in [-0.05, 0) is 90.8 Å². The summed E-state index contributed by atoms with van der Waals surface area (Å²) in [5.74, 6) is -2.55. The molecule has 1 aromatic rings. The van der Waals surface area contributed by atoms with Gasteiger partial charge < -0.3 is 24.2 Å². The second-order valence-corrected chi connectivity index (χ2v) is 17.5. The molecule has 0 aromatic heterocycles. The first-order valence-corrected chi connectivity index (χ1v) is 17.2. The number of hydrogen-bond donors (Lipinski definition) is 2. The highest BCUT2D eigenvalue weighted by Gasteiger charge is 2.66. The van der Waals surface area contributed by atoms with Crippen LogP contribution in [0.1, 0.15) is 94.1 Å². The lowest BCUT2D eigenvalue weighted by Gasteiger charge is -2.55. The fourth-order valence-electron chi connectivity index (χ4n) is 6.02. The van der Waals surface area contributed by atoms with Crippen molar-refractivity contribution in [1.82, 2.24) is 9.80 Å². The van der Waals surface area contributed by atoms with Crippen LogP contribution in [0.2, 0.25) is 0 Å². The van der Waals surface area contributed by atoms with Crippen LogP contribution >= 0.6 is 7.37 Å². The lowest BCUT2D eigenvalue weighted by Crippen LogP contribution is -2.66. The topological polar surface area (TPSA) is 143 Å². The van der Waals surface area contributed by atoms with Gasteiger partial charge >= 0.3 is 18.2 Å². The Morgan fingerprint density at radius 3 is 2.02 bits per heavy atom. The molecule has 1 aliphatic rings. The lowest BCUT2D eigenvalue weighted by atomic mass is 9.74. The highest BCUT2D eigenvalue weighted by molar-refractivity contribution is 7.62. The molecule has 2 amide bonds. The second-order valence-electron chi connectivity index (χ2n) is 14.6. The number of benzene rings is 1. The number of carbonyl (C=O) groups is 3. The van der Waals surface area contributed by atoms with Crippen LogP contribution in [0.25, 0.3) is 0 Å². The lowest BCUT2D eigenvalue weighted by molar-refractivity contribution is -0.146. The van der Waals surface area contributed by atoms with Crippen LogP contribution in [0.5, 0.6) is 5.75 Å². The van der Waals surface area contributed by atoms with Crippen LogP contribution in [-0.2, 0) is 29.9 Å². The van der Waals surface area contributed by atoms with Crippen molar-refractivity contribution in [3.8, 4) is 5.75 Å². The van der Waals surface area contributed by atoms with E-state index in [0.717, 1.165) is 4.90 Å². The van der Waals surface area contributed by atoms with Crippen molar-refractivity contribution in [1.29, 1.82) is 0 Å². The summed E-state index contributed by atoms with van der Waals surface area (Å²) in [6, 6.07) is 3.21. The molecule has 45 heavy (non-hydrogen) atoms. The van der Waals surface area contributed by atoms with Crippen molar-refractivity contribution in [3.05, 3.63) is 29.6 Å². The zero-order valence-electron chi connectivity index (χ0n) is 28.4. The summed E-state index contributed by atoms with van der Waals surface area (Å²) in [6.07, 6.45) is -1.51. The minimum absolute atomic E-state index is 0.0256. The number of amides is 2. The molecule has 1 heterocycles. The quantitative estimate of drug-likeness (QED) is 0.195. The Morgan fingerprint density at radius 2 is 1.58 bits per heavy atom. The minimum Gasteiger partial charge on any atom is -0.505 e. The Bertz CT molecular complexity index is 1240. The van der Waals surface area contributed by atoms with Gasteiger partial charge in [-0.15, -0.1) is 0 Å². The molecule has 1 saturated heterocycles. The summed E-state index contributed by atoms with van der Waals surface area (Å²) in [6.45, 7) is 17.7. The molecule has 11 nitrogen and oxygen atoms in total. The van der Waals surface area contributed by atoms with E-state index in [2.05, 4.69) is 0 Å². The summed E-state index contributed by atoms with van der Waals surface area (Å²) < 4.78 is 45.6. The summed E-state index contributed by atoms with van der Waals surface area (Å²) >= 11 is 0. The highest BCUT2D eigenvalue weighted by Crippen LogP contribution is 2.67. The maximum Gasteiger partial charge on any atom is 0.419 e. The molecule has 0 radical (unpaired) electrons. The van der Waals surface area contributed by atoms with E-state index in [-0.39, 0.29) is 51.7 Å². The number of ether oxygens (including phenoxy) is 2. The van der Waals surface area contributed by atoms with Crippen molar-refractivity contribution >= 4 is 25.5 Å². The summed E-state index contributed by atoms with van der Waals surface area (Å²) in [5, 5.41) is 18.8. The number of hydrogen-bond acceptors (Lipinski definition) is 9. The molecule has 13 heteroatoms. The van der Waals surface area contributed by atoms with E-state index >= 15 is 0 Å². The van der Waals surface area contributed by atoms with Gasteiger partial charge in [0.15, 0.2) is 16.7 Å². The fourth-order valence-corrected chi connectivity index (χ4v) is 9.42. The van der Waals surface area contributed by atoms with Gasteiger partial charge in [-0.1, -0.05) is 26.8 Å². The number of carboxylic acids is 1. The molecule has 0 spiro atoms. The summed E-state index contributed by atoms with van der Waals surface area (Å²) in [4.78, 5) is 42.2. The molecule has 0 aliphatic carbocycles. The molecule has 3 atom stereocenters. The number of aromatic hydroxyl groups is 1. The molecular weight excluding hydrogens is 606 g/mol. The molecule has 1 fully saturated rings. The van der Waals surface area contributed by atoms with Gasteiger partial charge in [0.2, 0.25) is 7.37 Å². The fraction of sp³-hybridized carbons (Fsp3) is 0.719. The number of unbranched alkanes of at least 4 members (excludes halogenated alkanes) is 1. The molecule has 0 bridgehead atoms. The maximum absolute atomic E-state index is 14.7. The van der Waals surface area contributed by atoms with Crippen LogP contribution in [0.4, 0.5) is 14.0 Å². The van der Waals surface area contributed by atoms with Crippen molar-refractivity contribution in [2.75, 3.05) is 25.9 Å². The largest absolute Gasteiger partial charge is 0.505 e. The summed E-state index contributed by atoms with van der Waals surface area (Å²) in [5.41, 5.74) is -1.95. The smallest absolute Gasteiger partial charge is 0.419 e. The van der Waals surface area contributed by atoms with Gasteiger partial charge in [0.1, 0.15) is 11.2 Å². The second kappa shape index (κ2) is 14.4. The average molecular weight is 659 g/mol. The summed E-state index contributed by atoms with van der Waals surface area (Å²) in [7, 11) is -3.83. The number of rotatable bonds is 10. The zero-order chi connectivity index (χ0) is 34.6. The average Bonchev–Trinajstić information content (AvgIpc) is 2.84. The molecule has 256 valence electrons. The van der Waals surface area contributed by atoms with Crippen LogP contribution in [0, 0.1) is 11.2 Å². The van der Waals surface area contributed by atoms with E-state index in [1.54, 1.807) is 54.5 Å². The van der Waals surface area contributed by atoms with Crippen molar-refractivity contribution in [3.63, 3.8) is 0 Å². The van der Waals surface area contributed by atoms with Gasteiger partial charge in [0, 0.05) is 31.8 Å². The Labute approximate surface area is 266 Å². The third-order valence-electron chi connectivity index (χ3n) is 7.45. The van der Waals surface area contributed by atoms with Crippen LogP contribution < -0.4 is 0 Å². The monoisotopic (exact) mass is 658 g/mol. The van der Waals surface area contributed by atoms with Crippen molar-refractivity contribution in [2.45, 2.75) is 117 Å². The van der Waals surface area contributed by atoms with E-state index in [1.807, 2.05) is 25.7 Å². The van der Waals surface area contributed by atoms with Gasteiger partial charge in [-0.25, -0.2) is 18.9 Å². The number of imide groups is 1. The van der Waals surface area contributed by atoms with Gasteiger partial charge in [0.05, 0.1) is 6.61 Å². The third kappa shape index (κ3) is 9.66. The van der Waals surface area contributed by atoms with Crippen molar-refractivity contribution < 1.29 is 47.5 Å². The first kappa shape index (κ1) is 38.5. The van der Waals surface area contributed by atoms with Gasteiger partial charge in [-0.2, -0.15) is 0 Å². The number of halogens is 1. The first-order chi connectivity index (χ1) is 20.5. The molecule has 1 aliphatic heterocycles. The molecule has 2 rings (SSSR count). The number of carboxylic acid groups (broad SMARTS) is 1. The molecule has 0 saturated carbocycles. The highest BCUT2D eigenvalue weighted by atomic mass is 31.2. The Kier molecular flexibility index (Phi) is 12.3. The van der Waals surface area contributed by atoms with E-state index in [9.17, 15) is 33.6 Å². The minimum atomic E-state index is -3.83. The molecule has 3 unspecified atom stereocenters. The van der Waals surface area contributed by atoms with Crippen molar-refractivity contribution in [2.24, 2.45) is 5.41 Å². The van der Waals surface area contributed by atoms with E-state index in [4.69, 9.17) is 14.0 Å². The Balaban J connectivity index is 2.48. The number of carbonyl (C=O) groups excluding carboxylic acids is 2. The number of nitrogens with zero attached hydrogens (tertiary/aromatic N) is 2. The van der Waals surface area contributed by atoms with E-state index < -0.39 is 64.9 Å². The third-order valence-corrected chi connectivity index (χ3v) is 10.8. The SMILES string of the molecule is CCOP1(=O)CCN(Cc2ccc(O)c(F)c2)C(C(C)(C)C)C1(CCCCN(C(=O)OC(C)(C)C)C(=O)OC(C)(C)C)C(=O)O. The zero-order valence-corrected chi connectivity index (χ0v) is 29.3. The molecule has 1 aromatic carbocycles. The maximum atomic E-state index is 14.7.